The van der Waals surface area contributed by atoms with Gasteiger partial charge in [0.25, 0.3) is 0 Å². The molecule has 0 bridgehead atoms. The Labute approximate surface area is 184 Å². The van der Waals surface area contributed by atoms with Gasteiger partial charge in [0.15, 0.2) is 5.79 Å². The zero-order valence-corrected chi connectivity index (χ0v) is 18.4. The van der Waals surface area contributed by atoms with E-state index < -0.39 is 5.79 Å². The molecule has 1 aliphatic heterocycles. The van der Waals surface area contributed by atoms with Crippen molar-refractivity contribution in [2.75, 3.05) is 13.2 Å². The van der Waals surface area contributed by atoms with Gasteiger partial charge in [0, 0.05) is 35.9 Å². The standard InChI is InChI=1S/C27H30N2O2/c1-19-23-14-13-22-24(20-9-5-3-6-10-20)29(2)28-25(22)26(23,21-11-7-4-8-12-21)15-16-27(19)30-17-18-31-27/h3-12,19,23H,13-18H2,1-2H3. The van der Waals surface area contributed by atoms with Crippen molar-refractivity contribution in [3.05, 3.63) is 77.5 Å². The first-order chi connectivity index (χ1) is 15.2. The second-order valence-electron chi connectivity index (χ2n) is 9.45. The molecular weight excluding hydrogens is 384 g/mol. The van der Waals surface area contributed by atoms with Crippen LogP contribution < -0.4 is 0 Å². The summed E-state index contributed by atoms with van der Waals surface area (Å²) in [6.07, 6.45) is 4.09. The zero-order chi connectivity index (χ0) is 21.1. The lowest BCUT2D eigenvalue weighted by Crippen LogP contribution is -2.56. The van der Waals surface area contributed by atoms with Gasteiger partial charge in [0.2, 0.25) is 0 Å². The van der Waals surface area contributed by atoms with Crippen LogP contribution in [0.5, 0.6) is 0 Å². The summed E-state index contributed by atoms with van der Waals surface area (Å²) in [5, 5.41) is 5.24. The molecule has 0 N–H and O–H groups in total. The number of benzene rings is 2. The third-order valence-electron chi connectivity index (χ3n) is 8.18. The Morgan fingerprint density at radius 1 is 0.935 bits per heavy atom. The van der Waals surface area contributed by atoms with Gasteiger partial charge in [-0.25, -0.2) is 0 Å². The lowest BCUT2D eigenvalue weighted by atomic mass is 9.52. The van der Waals surface area contributed by atoms with Crippen LogP contribution in [0.15, 0.2) is 60.7 Å². The Morgan fingerprint density at radius 2 is 1.61 bits per heavy atom. The van der Waals surface area contributed by atoms with Crippen LogP contribution in [0.25, 0.3) is 11.3 Å². The molecule has 3 aliphatic rings. The van der Waals surface area contributed by atoms with Crippen LogP contribution in [0.4, 0.5) is 0 Å². The van der Waals surface area contributed by atoms with Crippen LogP contribution in [-0.2, 0) is 28.4 Å². The second kappa shape index (κ2) is 7.04. The van der Waals surface area contributed by atoms with Crippen LogP contribution in [-0.4, -0.2) is 28.8 Å². The van der Waals surface area contributed by atoms with Crippen molar-refractivity contribution in [1.82, 2.24) is 9.78 Å². The zero-order valence-electron chi connectivity index (χ0n) is 18.4. The molecule has 31 heavy (non-hydrogen) atoms. The number of fused-ring (bicyclic) bond motifs is 3. The van der Waals surface area contributed by atoms with Crippen molar-refractivity contribution in [1.29, 1.82) is 0 Å². The average molecular weight is 415 g/mol. The normalized spacial score (nSPS) is 29.0. The van der Waals surface area contributed by atoms with Crippen LogP contribution in [0.1, 0.15) is 43.0 Å². The fourth-order valence-corrected chi connectivity index (χ4v) is 6.84. The Hall–Kier alpha value is -2.43. The summed E-state index contributed by atoms with van der Waals surface area (Å²) >= 11 is 0. The smallest absolute Gasteiger partial charge is 0.171 e. The molecule has 4 heteroatoms. The van der Waals surface area contributed by atoms with Crippen LogP contribution in [0.3, 0.4) is 0 Å². The number of rotatable bonds is 2. The second-order valence-corrected chi connectivity index (χ2v) is 9.45. The van der Waals surface area contributed by atoms with E-state index in [0.717, 1.165) is 25.7 Å². The van der Waals surface area contributed by atoms with Crippen molar-refractivity contribution >= 4 is 0 Å². The summed E-state index contributed by atoms with van der Waals surface area (Å²) in [6, 6.07) is 21.8. The van der Waals surface area contributed by atoms with Crippen molar-refractivity contribution in [3.8, 4) is 11.3 Å². The highest BCUT2D eigenvalue weighted by Crippen LogP contribution is 2.60. The monoisotopic (exact) mass is 414 g/mol. The van der Waals surface area contributed by atoms with Gasteiger partial charge in [-0.05, 0) is 30.7 Å². The number of hydrogen-bond acceptors (Lipinski definition) is 3. The van der Waals surface area contributed by atoms with Gasteiger partial charge in [0.05, 0.1) is 24.6 Å². The molecule has 1 spiro atoms. The average Bonchev–Trinajstić information content (AvgIpc) is 3.42. The van der Waals surface area contributed by atoms with E-state index in [4.69, 9.17) is 14.6 Å². The lowest BCUT2D eigenvalue weighted by Gasteiger charge is -2.55. The van der Waals surface area contributed by atoms with E-state index in [0.29, 0.717) is 25.0 Å². The van der Waals surface area contributed by atoms with Crippen molar-refractivity contribution in [2.45, 2.75) is 43.8 Å². The fraction of sp³-hybridized carbons (Fsp3) is 0.444. The molecule has 0 amide bonds. The van der Waals surface area contributed by atoms with Crippen LogP contribution in [0.2, 0.25) is 0 Å². The molecule has 1 saturated heterocycles. The van der Waals surface area contributed by atoms with Crippen molar-refractivity contribution in [2.24, 2.45) is 18.9 Å². The molecule has 6 rings (SSSR count). The molecule has 1 saturated carbocycles. The molecule has 3 atom stereocenters. The van der Waals surface area contributed by atoms with E-state index in [2.05, 4.69) is 79.3 Å². The van der Waals surface area contributed by atoms with Crippen LogP contribution >= 0.6 is 0 Å². The topological polar surface area (TPSA) is 36.3 Å². The quantitative estimate of drug-likeness (QED) is 0.585. The van der Waals surface area contributed by atoms with E-state index in [1.165, 1.54) is 28.1 Å². The number of hydrogen-bond donors (Lipinski definition) is 0. The number of aromatic nitrogens is 2. The predicted molar refractivity (Wildman–Crippen MR) is 121 cm³/mol. The highest BCUT2D eigenvalue weighted by molar-refractivity contribution is 5.67. The Bertz CT molecular complexity index is 1090. The lowest BCUT2D eigenvalue weighted by molar-refractivity contribution is -0.232. The molecule has 2 fully saturated rings. The van der Waals surface area contributed by atoms with Gasteiger partial charge in [0.1, 0.15) is 0 Å². The van der Waals surface area contributed by atoms with Gasteiger partial charge in [-0.15, -0.1) is 0 Å². The van der Waals surface area contributed by atoms with E-state index in [1.807, 2.05) is 0 Å². The molecule has 3 aromatic rings. The van der Waals surface area contributed by atoms with Gasteiger partial charge in [-0.2, -0.15) is 5.10 Å². The highest BCUT2D eigenvalue weighted by Gasteiger charge is 2.60. The fourth-order valence-electron chi connectivity index (χ4n) is 6.84. The molecular formula is C27H30N2O2. The van der Waals surface area contributed by atoms with Crippen LogP contribution in [0, 0.1) is 11.8 Å². The molecule has 160 valence electrons. The summed E-state index contributed by atoms with van der Waals surface area (Å²) < 4.78 is 14.6. The maximum Gasteiger partial charge on any atom is 0.171 e. The van der Waals surface area contributed by atoms with Gasteiger partial charge < -0.3 is 9.47 Å². The Kier molecular flexibility index (Phi) is 4.38. The van der Waals surface area contributed by atoms with E-state index in [1.54, 1.807) is 0 Å². The predicted octanol–water partition coefficient (Wildman–Crippen LogP) is 5.11. The molecule has 2 aliphatic carbocycles. The van der Waals surface area contributed by atoms with Crippen molar-refractivity contribution in [3.63, 3.8) is 0 Å². The summed E-state index contributed by atoms with van der Waals surface area (Å²) in [5.74, 6) is 0.337. The van der Waals surface area contributed by atoms with E-state index in [-0.39, 0.29) is 5.41 Å². The highest BCUT2D eigenvalue weighted by atomic mass is 16.7. The van der Waals surface area contributed by atoms with Gasteiger partial charge in [-0.1, -0.05) is 67.6 Å². The maximum absolute atomic E-state index is 6.26. The third-order valence-corrected chi connectivity index (χ3v) is 8.18. The molecule has 4 nitrogen and oxygen atoms in total. The minimum Gasteiger partial charge on any atom is -0.347 e. The first-order valence-electron chi connectivity index (χ1n) is 11.6. The summed E-state index contributed by atoms with van der Waals surface area (Å²) in [4.78, 5) is 0. The Morgan fingerprint density at radius 3 is 2.32 bits per heavy atom. The summed E-state index contributed by atoms with van der Waals surface area (Å²) in [6.45, 7) is 3.77. The number of aryl methyl sites for hydroxylation is 1. The minimum absolute atomic E-state index is 0.0976. The number of nitrogens with zero attached hydrogens (tertiary/aromatic N) is 2. The molecule has 1 aromatic heterocycles. The molecule has 2 heterocycles. The third kappa shape index (κ3) is 2.64. The SMILES string of the molecule is CC1C2CCc3c(nn(C)c3-c3ccccc3)C2(c2ccccc2)CCC12OCCO2. The summed E-state index contributed by atoms with van der Waals surface area (Å²) in [5.41, 5.74) is 6.51. The summed E-state index contributed by atoms with van der Waals surface area (Å²) in [7, 11) is 2.10. The van der Waals surface area contributed by atoms with Crippen molar-refractivity contribution < 1.29 is 9.47 Å². The number of ether oxygens (including phenoxy) is 2. The van der Waals surface area contributed by atoms with E-state index in [9.17, 15) is 0 Å². The van der Waals surface area contributed by atoms with Gasteiger partial charge in [-0.3, -0.25) is 4.68 Å². The van der Waals surface area contributed by atoms with E-state index >= 15 is 0 Å². The maximum atomic E-state index is 6.26. The first-order valence-corrected chi connectivity index (χ1v) is 11.6. The molecule has 0 radical (unpaired) electrons. The first kappa shape index (κ1) is 19.3. The molecule has 2 aromatic carbocycles. The Balaban J connectivity index is 1.56. The minimum atomic E-state index is -0.419. The largest absolute Gasteiger partial charge is 0.347 e. The molecule has 3 unspecified atom stereocenters. The van der Waals surface area contributed by atoms with Gasteiger partial charge >= 0.3 is 0 Å².